The number of carbonyl (C=O) groups is 2. The maximum absolute atomic E-state index is 12.4. The van der Waals surface area contributed by atoms with Crippen molar-refractivity contribution in [2.24, 2.45) is 0 Å². The fraction of sp³-hybridized carbons (Fsp3) is 0.500. The van der Waals surface area contributed by atoms with Gasteiger partial charge in [0.05, 0.1) is 0 Å². The van der Waals surface area contributed by atoms with Crippen LogP contribution < -0.4 is 15.5 Å². The summed E-state index contributed by atoms with van der Waals surface area (Å²) >= 11 is 0. The number of anilines is 1. The molecule has 1 aliphatic heterocycles. The predicted octanol–water partition coefficient (Wildman–Crippen LogP) is 2.03. The van der Waals surface area contributed by atoms with Gasteiger partial charge in [-0.3, -0.25) is 4.79 Å². The molecule has 1 heterocycles. The number of nitrogens with one attached hydrogen (secondary N) is 2. The molecule has 21 heavy (non-hydrogen) atoms. The standard InChI is InChI=1S/C16H21N3O2/c20-15-14(18-16(21)17-12-6-4-5-7-12)10-11-19(15)13-8-2-1-3-9-13/h1-3,8-9,12,14H,4-7,10-11H2,(H2,17,18,21)/t14-/m0/s1. The van der Waals surface area contributed by atoms with E-state index >= 15 is 0 Å². The number of carbonyl (C=O) groups excluding carboxylic acids is 2. The summed E-state index contributed by atoms with van der Waals surface area (Å²) < 4.78 is 0. The minimum Gasteiger partial charge on any atom is -0.335 e. The van der Waals surface area contributed by atoms with E-state index < -0.39 is 6.04 Å². The molecular formula is C16H21N3O2. The van der Waals surface area contributed by atoms with Crippen LogP contribution in [-0.2, 0) is 4.79 Å². The lowest BCUT2D eigenvalue weighted by Crippen LogP contribution is -2.48. The Hall–Kier alpha value is -2.04. The number of rotatable bonds is 3. The van der Waals surface area contributed by atoms with Gasteiger partial charge >= 0.3 is 6.03 Å². The normalized spacial score (nSPS) is 22.6. The van der Waals surface area contributed by atoms with Crippen molar-refractivity contribution in [1.82, 2.24) is 10.6 Å². The van der Waals surface area contributed by atoms with Crippen LogP contribution in [0, 0.1) is 0 Å². The maximum Gasteiger partial charge on any atom is 0.315 e. The zero-order chi connectivity index (χ0) is 14.7. The molecule has 1 aromatic carbocycles. The first-order valence-electron chi connectivity index (χ1n) is 7.67. The average molecular weight is 287 g/mol. The summed E-state index contributed by atoms with van der Waals surface area (Å²) in [6, 6.07) is 9.23. The molecular weight excluding hydrogens is 266 g/mol. The van der Waals surface area contributed by atoms with E-state index in [0.29, 0.717) is 13.0 Å². The molecule has 5 nitrogen and oxygen atoms in total. The monoisotopic (exact) mass is 287 g/mol. The van der Waals surface area contributed by atoms with E-state index in [-0.39, 0.29) is 18.0 Å². The number of urea groups is 1. The summed E-state index contributed by atoms with van der Waals surface area (Å²) in [7, 11) is 0. The molecule has 0 spiro atoms. The van der Waals surface area contributed by atoms with Gasteiger partial charge in [0.1, 0.15) is 6.04 Å². The van der Waals surface area contributed by atoms with E-state index in [4.69, 9.17) is 0 Å². The van der Waals surface area contributed by atoms with Gasteiger partial charge in [-0.2, -0.15) is 0 Å². The molecule has 0 radical (unpaired) electrons. The Labute approximate surface area is 124 Å². The Morgan fingerprint density at radius 3 is 2.48 bits per heavy atom. The molecule has 2 aliphatic rings. The molecule has 0 bridgehead atoms. The minimum atomic E-state index is -0.411. The van der Waals surface area contributed by atoms with Crippen LogP contribution in [0.5, 0.6) is 0 Å². The van der Waals surface area contributed by atoms with Crippen molar-refractivity contribution in [3.8, 4) is 0 Å². The van der Waals surface area contributed by atoms with Crippen LogP contribution in [-0.4, -0.2) is 30.6 Å². The summed E-state index contributed by atoms with van der Waals surface area (Å²) in [5.41, 5.74) is 0.892. The number of hydrogen-bond acceptors (Lipinski definition) is 2. The van der Waals surface area contributed by atoms with E-state index in [1.54, 1.807) is 4.90 Å². The second kappa shape index (κ2) is 6.16. The zero-order valence-electron chi connectivity index (χ0n) is 12.0. The van der Waals surface area contributed by atoms with Gasteiger partial charge in [-0.1, -0.05) is 31.0 Å². The maximum atomic E-state index is 12.4. The second-order valence-corrected chi connectivity index (χ2v) is 5.77. The first-order chi connectivity index (χ1) is 10.2. The first-order valence-corrected chi connectivity index (χ1v) is 7.67. The summed E-state index contributed by atoms with van der Waals surface area (Å²) in [6.07, 6.45) is 5.10. The predicted molar refractivity (Wildman–Crippen MR) is 81.1 cm³/mol. The minimum absolute atomic E-state index is 0.0252. The van der Waals surface area contributed by atoms with Gasteiger partial charge in [0.2, 0.25) is 5.91 Å². The molecule has 2 fully saturated rings. The number of hydrogen-bond donors (Lipinski definition) is 2. The van der Waals surface area contributed by atoms with Crippen LogP contribution in [0.4, 0.5) is 10.5 Å². The van der Waals surface area contributed by atoms with E-state index in [2.05, 4.69) is 10.6 Å². The Morgan fingerprint density at radius 1 is 1.05 bits per heavy atom. The summed E-state index contributed by atoms with van der Waals surface area (Å²) in [6.45, 7) is 0.650. The second-order valence-electron chi connectivity index (χ2n) is 5.77. The lowest BCUT2D eigenvalue weighted by molar-refractivity contribution is -0.118. The zero-order valence-corrected chi connectivity index (χ0v) is 12.0. The van der Waals surface area contributed by atoms with Crippen molar-refractivity contribution in [1.29, 1.82) is 0 Å². The fourth-order valence-electron chi connectivity index (χ4n) is 3.13. The first kappa shape index (κ1) is 13.9. The van der Waals surface area contributed by atoms with E-state index in [1.165, 1.54) is 12.8 Å². The van der Waals surface area contributed by atoms with Gasteiger partial charge in [-0.15, -0.1) is 0 Å². The lowest BCUT2D eigenvalue weighted by Gasteiger charge is -2.18. The summed E-state index contributed by atoms with van der Waals surface area (Å²) in [5, 5.41) is 5.77. The molecule has 2 N–H and O–H groups in total. The van der Waals surface area contributed by atoms with Gasteiger partial charge in [0.15, 0.2) is 0 Å². The molecule has 5 heteroatoms. The van der Waals surface area contributed by atoms with Gasteiger partial charge in [0.25, 0.3) is 0 Å². The Morgan fingerprint density at radius 2 is 1.76 bits per heavy atom. The molecule has 1 aliphatic carbocycles. The summed E-state index contributed by atoms with van der Waals surface area (Å²) in [4.78, 5) is 26.0. The highest BCUT2D eigenvalue weighted by Crippen LogP contribution is 2.21. The van der Waals surface area contributed by atoms with Gasteiger partial charge < -0.3 is 15.5 Å². The highest BCUT2D eigenvalue weighted by molar-refractivity contribution is 6.01. The van der Waals surface area contributed by atoms with Gasteiger partial charge in [-0.25, -0.2) is 4.79 Å². The van der Waals surface area contributed by atoms with Crippen LogP contribution in [0.25, 0.3) is 0 Å². The fourth-order valence-corrected chi connectivity index (χ4v) is 3.13. The lowest BCUT2D eigenvalue weighted by atomic mass is 10.2. The Bertz CT molecular complexity index is 512. The van der Waals surface area contributed by atoms with Crippen molar-refractivity contribution in [2.45, 2.75) is 44.2 Å². The van der Waals surface area contributed by atoms with Crippen molar-refractivity contribution in [3.63, 3.8) is 0 Å². The molecule has 3 rings (SSSR count). The van der Waals surface area contributed by atoms with Crippen molar-refractivity contribution >= 4 is 17.6 Å². The Kier molecular flexibility index (Phi) is 4.08. The van der Waals surface area contributed by atoms with Crippen molar-refractivity contribution in [2.75, 3.05) is 11.4 Å². The molecule has 1 atom stereocenters. The number of benzene rings is 1. The van der Waals surface area contributed by atoms with Crippen LogP contribution in [0.15, 0.2) is 30.3 Å². The van der Waals surface area contributed by atoms with E-state index in [9.17, 15) is 9.59 Å². The van der Waals surface area contributed by atoms with E-state index in [0.717, 1.165) is 18.5 Å². The number of para-hydroxylation sites is 1. The third kappa shape index (κ3) is 3.17. The molecule has 1 aromatic rings. The molecule has 1 saturated heterocycles. The highest BCUT2D eigenvalue weighted by Gasteiger charge is 2.33. The molecule has 0 aromatic heterocycles. The van der Waals surface area contributed by atoms with Crippen LogP contribution in [0.2, 0.25) is 0 Å². The molecule has 1 saturated carbocycles. The van der Waals surface area contributed by atoms with Gasteiger partial charge in [-0.05, 0) is 31.4 Å². The largest absolute Gasteiger partial charge is 0.335 e. The Balaban J connectivity index is 1.55. The van der Waals surface area contributed by atoms with Crippen molar-refractivity contribution in [3.05, 3.63) is 30.3 Å². The quantitative estimate of drug-likeness (QED) is 0.893. The van der Waals surface area contributed by atoms with E-state index in [1.807, 2.05) is 30.3 Å². The van der Waals surface area contributed by atoms with Gasteiger partial charge in [0, 0.05) is 18.3 Å². The molecule has 3 amide bonds. The third-order valence-electron chi connectivity index (χ3n) is 4.27. The average Bonchev–Trinajstić information content (AvgIpc) is 3.11. The smallest absolute Gasteiger partial charge is 0.315 e. The van der Waals surface area contributed by atoms with Crippen LogP contribution in [0.1, 0.15) is 32.1 Å². The topological polar surface area (TPSA) is 61.4 Å². The molecule has 0 unspecified atom stereocenters. The third-order valence-corrected chi connectivity index (χ3v) is 4.27. The number of nitrogens with zero attached hydrogens (tertiary/aromatic N) is 1. The van der Waals surface area contributed by atoms with Crippen LogP contribution >= 0.6 is 0 Å². The van der Waals surface area contributed by atoms with Crippen molar-refractivity contribution < 1.29 is 9.59 Å². The molecule has 112 valence electrons. The number of amides is 3. The summed E-state index contributed by atoms with van der Waals surface area (Å²) in [5.74, 6) is -0.0252. The van der Waals surface area contributed by atoms with Crippen LogP contribution in [0.3, 0.4) is 0 Å². The SMILES string of the molecule is O=C(NC1CCCC1)N[C@H]1CCN(c2ccccc2)C1=O. The highest BCUT2D eigenvalue weighted by atomic mass is 16.2.